The van der Waals surface area contributed by atoms with Gasteiger partial charge in [-0.25, -0.2) is 4.57 Å². The average Bonchev–Trinajstić information content (AvgIpc) is 3.11. The number of hydrogen-bond acceptors (Lipinski definition) is 7. The summed E-state index contributed by atoms with van der Waals surface area (Å²) in [6.07, 6.45) is 0.0875. The van der Waals surface area contributed by atoms with Crippen molar-refractivity contribution >= 4 is 31.1 Å². The van der Waals surface area contributed by atoms with E-state index in [2.05, 4.69) is 10.6 Å². The van der Waals surface area contributed by atoms with Crippen LogP contribution in [-0.2, 0) is 15.8 Å². The number of carbonyl (C=O) groups is 2. The minimum absolute atomic E-state index is 0.0875. The molecule has 5 rings (SSSR count). The first-order valence-electron chi connectivity index (χ1n) is 15.2. The second-order valence-corrected chi connectivity index (χ2v) is 13.0. The molecule has 49 heavy (non-hydrogen) atoms. The van der Waals surface area contributed by atoms with Crippen molar-refractivity contribution in [2.45, 2.75) is 18.2 Å². The Balaban J connectivity index is 1.55. The Morgan fingerprint density at radius 1 is 0.633 bits per heavy atom. The van der Waals surface area contributed by atoms with Crippen LogP contribution in [0, 0.1) is 10.8 Å². The molecule has 0 saturated heterocycles. The summed E-state index contributed by atoms with van der Waals surface area (Å²) in [5.74, 6) is -2.55. The van der Waals surface area contributed by atoms with Gasteiger partial charge in [-0.1, -0.05) is 103 Å². The second-order valence-electron chi connectivity index (χ2n) is 11.0. The number of carbonyl (C=O) groups excluding carboxylic acids is 2. The normalized spacial score (nSPS) is 12.2. The number of nitrogens with one attached hydrogen (secondary N) is 4. The van der Waals surface area contributed by atoms with Crippen LogP contribution in [0.4, 0.5) is 0 Å². The molecule has 5 aromatic rings. The maximum absolute atomic E-state index is 15.1. The summed E-state index contributed by atoms with van der Waals surface area (Å²) in [6.45, 7) is 0. The fourth-order valence-corrected chi connectivity index (χ4v) is 6.84. The van der Waals surface area contributed by atoms with E-state index < -0.39 is 31.2 Å². The van der Waals surface area contributed by atoms with E-state index in [-0.39, 0.29) is 35.2 Å². The van der Waals surface area contributed by atoms with E-state index >= 15 is 4.57 Å². The molecule has 0 bridgehead atoms. The van der Waals surface area contributed by atoms with Crippen LogP contribution in [0.2, 0.25) is 0 Å². The predicted molar refractivity (Wildman–Crippen MR) is 189 cm³/mol. The highest BCUT2D eigenvalue weighted by Gasteiger charge is 2.43. The summed E-state index contributed by atoms with van der Waals surface area (Å²) in [6, 6.07) is 37.3. The van der Waals surface area contributed by atoms with Crippen LogP contribution in [0.25, 0.3) is 0 Å². The lowest BCUT2D eigenvalue weighted by Gasteiger charge is -2.30. The molecule has 12 heteroatoms. The van der Waals surface area contributed by atoms with Gasteiger partial charge in [-0.15, -0.1) is 0 Å². The Hall–Kier alpha value is -6.19. The lowest BCUT2D eigenvalue weighted by molar-refractivity contribution is -0.123. The zero-order valence-electron chi connectivity index (χ0n) is 26.3. The number of nitrogens with two attached hydrogens (primary N) is 2. The number of benzene rings is 5. The van der Waals surface area contributed by atoms with Gasteiger partial charge in [0.1, 0.15) is 29.2 Å². The van der Waals surface area contributed by atoms with Gasteiger partial charge in [0.05, 0.1) is 0 Å². The van der Waals surface area contributed by atoms with E-state index in [0.717, 1.165) is 5.56 Å². The van der Waals surface area contributed by atoms with Gasteiger partial charge < -0.3 is 31.1 Å². The van der Waals surface area contributed by atoms with Gasteiger partial charge in [0.15, 0.2) is 5.78 Å². The molecule has 248 valence electrons. The molecule has 0 unspecified atom stereocenters. The maximum Gasteiger partial charge on any atom is 0.457 e. The Kier molecular flexibility index (Phi) is 10.9. The van der Waals surface area contributed by atoms with Crippen LogP contribution in [-0.4, -0.2) is 29.5 Å². The van der Waals surface area contributed by atoms with Gasteiger partial charge in [0.2, 0.25) is 5.91 Å². The van der Waals surface area contributed by atoms with Gasteiger partial charge in [0, 0.05) is 23.1 Å². The lowest BCUT2D eigenvalue weighted by atomic mass is 10.0. The first-order valence-corrected chi connectivity index (χ1v) is 16.9. The van der Waals surface area contributed by atoms with Crippen LogP contribution >= 0.6 is 7.60 Å². The zero-order valence-corrected chi connectivity index (χ0v) is 27.2. The van der Waals surface area contributed by atoms with Crippen molar-refractivity contribution in [3.8, 4) is 11.5 Å². The molecular weight excluding hydrogens is 639 g/mol. The highest BCUT2D eigenvalue weighted by molar-refractivity contribution is 7.55. The van der Waals surface area contributed by atoms with E-state index in [9.17, 15) is 9.59 Å². The number of amidine groups is 2. The maximum atomic E-state index is 15.1. The third-order valence-corrected chi connectivity index (χ3v) is 9.41. The molecule has 2 amide bonds. The summed E-state index contributed by atoms with van der Waals surface area (Å²) < 4.78 is 27.3. The van der Waals surface area contributed by atoms with Crippen LogP contribution in [0.1, 0.15) is 38.4 Å². The third kappa shape index (κ3) is 9.00. The largest absolute Gasteiger partial charge is 0.457 e. The van der Waals surface area contributed by atoms with E-state index in [1.54, 1.807) is 103 Å². The molecular formula is C37H35N6O5P. The number of rotatable bonds is 14. The number of nitrogen functional groups attached to an aromatic ring is 2. The van der Waals surface area contributed by atoms with Crippen molar-refractivity contribution in [2.24, 2.45) is 11.5 Å². The SMILES string of the molecule is N=C(N)c1ccc([C@@H](NC(=O)[C@H](Cc2ccccc2)NC(=O)c2cccc(C(=N)N)c2)P(=O)(Oc2ccccc2)Oc2ccccc2)cc1. The average molecular weight is 675 g/mol. The van der Waals surface area contributed by atoms with Crippen molar-refractivity contribution < 1.29 is 23.2 Å². The Morgan fingerprint density at radius 2 is 1.14 bits per heavy atom. The van der Waals surface area contributed by atoms with Crippen LogP contribution < -0.4 is 31.1 Å². The van der Waals surface area contributed by atoms with Crippen molar-refractivity contribution in [1.82, 2.24) is 10.6 Å². The van der Waals surface area contributed by atoms with Crippen LogP contribution in [0.15, 0.2) is 140 Å². The lowest BCUT2D eigenvalue weighted by Crippen LogP contribution is -2.49. The van der Waals surface area contributed by atoms with Crippen molar-refractivity contribution in [3.05, 3.63) is 167 Å². The van der Waals surface area contributed by atoms with Gasteiger partial charge in [-0.05, 0) is 47.5 Å². The number of para-hydroxylation sites is 2. The van der Waals surface area contributed by atoms with Gasteiger partial charge in [-0.2, -0.15) is 0 Å². The minimum Gasteiger partial charge on any atom is -0.414 e. The third-order valence-electron chi connectivity index (χ3n) is 7.42. The molecule has 0 spiro atoms. The smallest absolute Gasteiger partial charge is 0.414 e. The van der Waals surface area contributed by atoms with E-state index in [0.29, 0.717) is 16.7 Å². The Labute approximate surface area is 283 Å². The second kappa shape index (κ2) is 15.6. The minimum atomic E-state index is -4.39. The molecule has 8 N–H and O–H groups in total. The topological polar surface area (TPSA) is 193 Å². The zero-order chi connectivity index (χ0) is 34.8. The summed E-state index contributed by atoms with van der Waals surface area (Å²) in [5, 5.41) is 21.3. The number of amides is 2. The van der Waals surface area contributed by atoms with E-state index in [1.807, 2.05) is 30.3 Å². The molecule has 5 aromatic carbocycles. The quantitative estimate of drug-likeness (QED) is 0.0489. The van der Waals surface area contributed by atoms with Gasteiger partial charge in [0.25, 0.3) is 5.91 Å². The summed E-state index contributed by atoms with van der Waals surface area (Å²) >= 11 is 0. The summed E-state index contributed by atoms with van der Waals surface area (Å²) in [5.41, 5.74) is 13.4. The monoisotopic (exact) mass is 674 g/mol. The molecule has 0 aromatic heterocycles. The first-order chi connectivity index (χ1) is 23.6. The van der Waals surface area contributed by atoms with Crippen molar-refractivity contribution in [2.75, 3.05) is 0 Å². The van der Waals surface area contributed by atoms with Gasteiger partial charge in [-0.3, -0.25) is 20.4 Å². The molecule has 0 radical (unpaired) electrons. The van der Waals surface area contributed by atoms with Crippen LogP contribution in [0.5, 0.6) is 11.5 Å². The Bertz CT molecular complexity index is 1930. The van der Waals surface area contributed by atoms with Crippen molar-refractivity contribution in [1.29, 1.82) is 10.8 Å². The summed E-state index contributed by atoms with van der Waals surface area (Å²) in [7, 11) is -4.39. The van der Waals surface area contributed by atoms with Crippen molar-refractivity contribution in [3.63, 3.8) is 0 Å². The predicted octanol–water partition coefficient (Wildman–Crippen LogP) is 5.76. The molecule has 0 fully saturated rings. The molecule has 2 atom stereocenters. The number of hydrogen-bond donors (Lipinski definition) is 6. The molecule has 0 aliphatic carbocycles. The fraction of sp³-hybridized carbons (Fsp3) is 0.0811. The highest BCUT2D eigenvalue weighted by atomic mass is 31.2. The highest BCUT2D eigenvalue weighted by Crippen LogP contribution is 2.59. The van der Waals surface area contributed by atoms with Crippen LogP contribution in [0.3, 0.4) is 0 Å². The van der Waals surface area contributed by atoms with E-state index in [1.165, 1.54) is 6.07 Å². The van der Waals surface area contributed by atoms with E-state index in [4.69, 9.17) is 31.3 Å². The summed E-state index contributed by atoms with van der Waals surface area (Å²) in [4.78, 5) is 27.9. The molecule has 11 nitrogen and oxygen atoms in total. The Morgan fingerprint density at radius 3 is 1.67 bits per heavy atom. The van der Waals surface area contributed by atoms with Gasteiger partial charge >= 0.3 is 7.60 Å². The molecule has 0 aliphatic heterocycles. The molecule has 0 saturated carbocycles. The first kappa shape index (κ1) is 34.2. The standard InChI is InChI=1S/C37H35N6O5P/c38-33(39)26-19-21-27(22-20-26)37(49(46,47-30-15-6-2-7-16-30)48-31-17-8-3-9-18-31)43-36(45)32(23-25-11-4-1-5-12-25)42-35(44)29-14-10-13-28(24-29)34(40)41/h1-22,24,32,37H,23H2,(H3,38,39)(H3,40,41)(H,42,44)(H,43,45)/t32-,37-/m0/s1. The molecule has 0 aliphatic rings. The molecule has 0 heterocycles. The fourth-order valence-electron chi connectivity index (χ4n) is 4.93.